The second kappa shape index (κ2) is 21.7. The van der Waals surface area contributed by atoms with E-state index in [9.17, 15) is 0 Å². The molecule has 4 aromatic heterocycles. The molecule has 0 spiro atoms. The minimum atomic E-state index is -0.0584. The van der Waals surface area contributed by atoms with Crippen LogP contribution in [-0.4, -0.2) is 19.1 Å². The van der Waals surface area contributed by atoms with E-state index in [4.69, 9.17) is 9.97 Å². The Morgan fingerprint density at radius 2 is 0.620 bits per heavy atom. The second-order valence-corrected chi connectivity index (χ2v) is 25.6. The summed E-state index contributed by atoms with van der Waals surface area (Å²) in [5.41, 5.74) is 31.1. The molecule has 0 saturated heterocycles. The molecule has 0 aliphatic heterocycles. The summed E-state index contributed by atoms with van der Waals surface area (Å²) in [5.74, 6) is 0. The van der Waals surface area contributed by atoms with Crippen LogP contribution in [0.15, 0.2) is 315 Å². The first-order chi connectivity index (χ1) is 45.2. The third-order valence-electron chi connectivity index (χ3n) is 19.6. The minimum Gasteiger partial charge on any atom is -0.309 e. The molecule has 4 nitrogen and oxygen atoms in total. The zero-order valence-corrected chi connectivity index (χ0v) is 51.8. The maximum Gasteiger partial charge on any atom is 0.0715 e. The monoisotopic (exact) mass is 1180 g/mol. The van der Waals surface area contributed by atoms with Crippen LogP contribution in [0.2, 0.25) is 0 Å². The van der Waals surface area contributed by atoms with Gasteiger partial charge in [0.2, 0.25) is 0 Å². The molecule has 92 heavy (non-hydrogen) atoms. The number of hydrogen-bond acceptors (Lipinski definition) is 2. The Hall–Kier alpha value is -11.5. The van der Waals surface area contributed by atoms with Gasteiger partial charge in [0.25, 0.3) is 0 Å². The van der Waals surface area contributed by atoms with Crippen LogP contribution >= 0.6 is 0 Å². The molecule has 2 aliphatic carbocycles. The quantitative estimate of drug-likeness (QED) is 0.152. The van der Waals surface area contributed by atoms with E-state index in [0.29, 0.717) is 0 Å². The summed E-state index contributed by atoms with van der Waals surface area (Å²) in [6.07, 6.45) is 0. The summed E-state index contributed by atoms with van der Waals surface area (Å²) in [4.78, 5) is 10.2. The van der Waals surface area contributed by atoms with Crippen LogP contribution in [0, 0.1) is 0 Å². The van der Waals surface area contributed by atoms with Gasteiger partial charge in [0.05, 0.1) is 44.8 Å². The number of nitrogens with zero attached hydrogens (tertiary/aromatic N) is 4. The number of benzene rings is 12. The molecule has 0 unspecified atom stereocenters. The molecular weight excluding hydrogens is 1110 g/mol. The number of aromatic nitrogens is 4. The van der Waals surface area contributed by atoms with Gasteiger partial charge in [-0.3, -0.25) is 0 Å². The maximum atomic E-state index is 5.17. The minimum absolute atomic E-state index is 0.0350. The number of fused-ring (bicyclic) bond motifs is 14. The van der Waals surface area contributed by atoms with Crippen molar-refractivity contribution >= 4 is 43.6 Å². The molecule has 0 amide bonds. The van der Waals surface area contributed by atoms with Crippen molar-refractivity contribution in [1.82, 2.24) is 19.1 Å². The van der Waals surface area contributed by atoms with Gasteiger partial charge in [-0.2, -0.15) is 0 Å². The van der Waals surface area contributed by atoms with Crippen LogP contribution in [0.3, 0.4) is 0 Å². The van der Waals surface area contributed by atoms with E-state index in [2.05, 4.69) is 334 Å². The Kier molecular flexibility index (Phi) is 12.9. The smallest absolute Gasteiger partial charge is 0.0715 e. The van der Waals surface area contributed by atoms with Crippen LogP contribution in [0.5, 0.6) is 0 Å². The molecule has 2 aliphatic rings. The molecule has 4 heterocycles. The Morgan fingerprint density at radius 3 is 1.14 bits per heavy atom. The fourth-order valence-corrected chi connectivity index (χ4v) is 15.1. The van der Waals surface area contributed by atoms with Crippen LogP contribution in [0.1, 0.15) is 49.9 Å². The average Bonchev–Trinajstić information content (AvgIpc) is 1.58. The number of para-hydroxylation sites is 2. The van der Waals surface area contributed by atoms with Crippen LogP contribution in [-0.2, 0) is 10.8 Å². The van der Waals surface area contributed by atoms with Crippen molar-refractivity contribution in [3.05, 3.63) is 338 Å². The standard InChI is InChI=1S/2C44H32N2/c1-44(2)37-19-11-9-18-36(37)42-38(44)26-25-35-34-17-10-12-20-41(34)46(43(35)42)33-23-21-31(22-24-33)40-28-32(29-13-5-3-6-14-29)27-39(45-40)30-15-7-4-8-16-30;1-44(2)36-19-11-9-17-34(36)42-37(44)25-26-41-43(42)35-18-10-12-20-40(35)46(41)33-23-21-29(22-24-33)32-27-38(30-13-5-3-6-14-30)45-39(28-32)31-15-7-4-8-16-31/h2*3-28H,1-2H3. The van der Waals surface area contributed by atoms with Gasteiger partial charge in [0.15, 0.2) is 0 Å². The highest BCUT2D eigenvalue weighted by molar-refractivity contribution is 6.18. The highest BCUT2D eigenvalue weighted by atomic mass is 15.0. The lowest BCUT2D eigenvalue weighted by Crippen LogP contribution is -2.14. The molecule has 18 rings (SSSR count). The van der Waals surface area contributed by atoms with Gasteiger partial charge in [-0.15, -0.1) is 0 Å². The normalized spacial score (nSPS) is 13.2. The molecule has 0 N–H and O–H groups in total. The SMILES string of the molecule is CC1(C)c2ccccc2-c2c1ccc1c2c2ccccc2n1-c1ccc(-c2cc(-c3ccccc3)nc(-c3ccccc3)c2)cc1.CC1(C)c2ccccc2-c2c1ccc1c3ccccc3n(-c3ccc(-c4cc(-c5ccccc5)cc(-c5ccccc5)n4)cc3)c21. The highest BCUT2D eigenvalue weighted by Gasteiger charge is 2.39. The lowest BCUT2D eigenvalue weighted by Gasteiger charge is -2.21. The summed E-state index contributed by atoms with van der Waals surface area (Å²) in [6.45, 7) is 9.41. The molecule has 0 atom stereocenters. The van der Waals surface area contributed by atoms with Crippen molar-refractivity contribution < 1.29 is 0 Å². The van der Waals surface area contributed by atoms with Gasteiger partial charge in [-0.25, -0.2) is 9.97 Å². The van der Waals surface area contributed by atoms with E-state index in [1.54, 1.807) is 0 Å². The summed E-state index contributed by atoms with van der Waals surface area (Å²) in [5, 5.41) is 5.19. The average molecular weight is 1180 g/mol. The summed E-state index contributed by atoms with van der Waals surface area (Å²) < 4.78 is 4.90. The number of pyridine rings is 2. The van der Waals surface area contributed by atoms with Gasteiger partial charge < -0.3 is 9.13 Å². The summed E-state index contributed by atoms with van der Waals surface area (Å²) in [7, 11) is 0. The molecule has 0 fully saturated rings. The molecule has 12 aromatic carbocycles. The predicted molar refractivity (Wildman–Crippen MR) is 385 cm³/mol. The Morgan fingerprint density at radius 1 is 0.250 bits per heavy atom. The summed E-state index contributed by atoms with van der Waals surface area (Å²) >= 11 is 0. The largest absolute Gasteiger partial charge is 0.309 e. The van der Waals surface area contributed by atoms with Gasteiger partial charge >= 0.3 is 0 Å². The Bertz CT molecular complexity index is 5400. The first kappa shape index (κ1) is 54.7. The number of hydrogen-bond donors (Lipinski definition) is 0. The lowest BCUT2D eigenvalue weighted by molar-refractivity contribution is 0.660. The van der Waals surface area contributed by atoms with E-state index >= 15 is 0 Å². The van der Waals surface area contributed by atoms with Crippen molar-refractivity contribution in [2.24, 2.45) is 0 Å². The van der Waals surface area contributed by atoms with E-state index in [1.165, 1.54) is 93.7 Å². The van der Waals surface area contributed by atoms with E-state index in [-0.39, 0.29) is 10.8 Å². The molecule has 4 heteroatoms. The molecule has 436 valence electrons. The van der Waals surface area contributed by atoms with Gasteiger partial charge in [0, 0.05) is 71.6 Å². The Balaban J connectivity index is 0.000000141. The van der Waals surface area contributed by atoms with Crippen molar-refractivity contribution in [2.75, 3.05) is 0 Å². The van der Waals surface area contributed by atoms with E-state index < -0.39 is 0 Å². The molecular formula is C88H64N4. The lowest BCUT2D eigenvalue weighted by atomic mass is 9.82. The van der Waals surface area contributed by atoms with Crippen molar-refractivity contribution in [2.45, 2.75) is 38.5 Å². The first-order valence-corrected chi connectivity index (χ1v) is 32.0. The van der Waals surface area contributed by atoms with Crippen molar-refractivity contribution in [3.63, 3.8) is 0 Å². The van der Waals surface area contributed by atoms with Gasteiger partial charge in [0.1, 0.15) is 0 Å². The van der Waals surface area contributed by atoms with Gasteiger partial charge in [-0.1, -0.05) is 276 Å². The first-order valence-electron chi connectivity index (χ1n) is 32.0. The van der Waals surface area contributed by atoms with Gasteiger partial charge in [-0.05, 0) is 128 Å². The highest BCUT2D eigenvalue weighted by Crippen LogP contribution is 2.55. The molecule has 0 bridgehead atoms. The second-order valence-electron chi connectivity index (χ2n) is 25.6. The molecule has 16 aromatic rings. The van der Waals surface area contributed by atoms with Crippen molar-refractivity contribution in [1.29, 1.82) is 0 Å². The maximum absolute atomic E-state index is 5.17. The van der Waals surface area contributed by atoms with Crippen LogP contribution < -0.4 is 0 Å². The zero-order valence-electron chi connectivity index (χ0n) is 51.8. The predicted octanol–water partition coefficient (Wildman–Crippen LogP) is 23.0. The third-order valence-corrected chi connectivity index (χ3v) is 19.6. The topological polar surface area (TPSA) is 35.6 Å². The van der Waals surface area contributed by atoms with Crippen LogP contribution in [0.25, 0.3) is 145 Å². The third kappa shape index (κ3) is 8.88. The molecule has 0 saturated carbocycles. The van der Waals surface area contributed by atoms with Crippen molar-refractivity contribution in [3.8, 4) is 101 Å². The fraction of sp³-hybridized carbons (Fsp3) is 0.0682. The zero-order chi connectivity index (χ0) is 61.7. The fourth-order valence-electron chi connectivity index (χ4n) is 15.1. The summed E-state index contributed by atoms with van der Waals surface area (Å²) in [6, 6.07) is 114. The van der Waals surface area contributed by atoms with Crippen LogP contribution in [0.4, 0.5) is 0 Å². The molecule has 0 radical (unpaired) electrons. The van der Waals surface area contributed by atoms with E-state index in [0.717, 1.165) is 73.1 Å². The number of rotatable bonds is 8. The van der Waals surface area contributed by atoms with E-state index in [1.807, 2.05) is 18.2 Å². The Labute approximate surface area is 536 Å².